The molecule has 1 aromatic rings. The van der Waals surface area contributed by atoms with Crippen molar-refractivity contribution in [1.29, 1.82) is 0 Å². The number of carbonyl (C=O) groups is 2. The lowest BCUT2D eigenvalue weighted by Gasteiger charge is -2.06. The molecule has 5 nitrogen and oxygen atoms in total. The minimum atomic E-state index is -0.930. The molecule has 0 bridgehead atoms. The van der Waals surface area contributed by atoms with Gasteiger partial charge in [0.05, 0.1) is 19.4 Å². The molecule has 6 heteroatoms. The first kappa shape index (κ1) is 14.5. The smallest absolute Gasteiger partial charge is 0.305 e. The largest absolute Gasteiger partial charge is 0.493 e. The number of aliphatic carboxylic acids is 1. The monoisotopic (exact) mass is 315 g/mol. The molecular weight excluding hydrogens is 302 g/mol. The average Bonchev–Trinajstić information content (AvgIpc) is 2.28. The molecule has 0 radical (unpaired) electrons. The summed E-state index contributed by atoms with van der Waals surface area (Å²) >= 11 is 3.32. The van der Waals surface area contributed by atoms with E-state index in [0.29, 0.717) is 5.75 Å². The van der Waals surface area contributed by atoms with Gasteiger partial charge in [-0.25, -0.2) is 0 Å². The number of carboxylic acid groups (broad SMARTS) is 1. The van der Waals surface area contributed by atoms with Crippen LogP contribution in [-0.2, 0) is 9.59 Å². The zero-order valence-electron chi connectivity index (χ0n) is 9.69. The van der Waals surface area contributed by atoms with Gasteiger partial charge in [0.15, 0.2) is 0 Å². The van der Waals surface area contributed by atoms with Gasteiger partial charge in [0, 0.05) is 11.0 Å². The van der Waals surface area contributed by atoms with Crippen LogP contribution in [0.1, 0.15) is 12.8 Å². The first-order chi connectivity index (χ1) is 8.58. The molecule has 2 N–H and O–H groups in total. The van der Waals surface area contributed by atoms with Crippen molar-refractivity contribution in [2.45, 2.75) is 12.8 Å². The van der Waals surface area contributed by atoms with E-state index in [1.807, 2.05) is 18.2 Å². The van der Waals surface area contributed by atoms with Gasteiger partial charge in [-0.15, -0.1) is 0 Å². The summed E-state index contributed by atoms with van der Waals surface area (Å²) in [5.74, 6) is -0.463. The van der Waals surface area contributed by atoms with Crippen LogP contribution in [0.15, 0.2) is 28.7 Å². The van der Waals surface area contributed by atoms with E-state index < -0.39 is 5.97 Å². The molecule has 0 aliphatic rings. The molecule has 0 aliphatic carbocycles. The Morgan fingerprint density at radius 2 is 2.11 bits per heavy atom. The van der Waals surface area contributed by atoms with Crippen molar-refractivity contribution in [2.24, 2.45) is 0 Å². The Morgan fingerprint density at radius 1 is 1.33 bits per heavy atom. The van der Waals surface area contributed by atoms with E-state index in [-0.39, 0.29) is 31.9 Å². The quantitative estimate of drug-likeness (QED) is 0.804. The van der Waals surface area contributed by atoms with Crippen molar-refractivity contribution in [3.8, 4) is 5.75 Å². The van der Waals surface area contributed by atoms with Crippen molar-refractivity contribution in [1.82, 2.24) is 5.32 Å². The summed E-state index contributed by atoms with van der Waals surface area (Å²) in [4.78, 5) is 21.5. The van der Waals surface area contributed by atoms with Crippen LogP contribution in [-0.4, -0.2) is 30.1 Å². The highest BCUT2D eigenvalue weighted by Crippen LogP contribution is 2.17. The fourth-order valence-electron chi connectivity index (χ4n) is 1.22. The molecule has 0 saturated carbocycles. The van der Waals surface area contributed by atoms with Gasteiger partial charge in [-0.2, -0.15) is 0 Å². The number of benzene rings is 1. The molecule has 0 unspecified atom stereocenters. The number of rotatable bonds is 7. The number of ether oxygens (including phenoxy) is 1. The predicted octanol–water partition coefficient (Wildman–Crippen LogP) is 1.81. The maximum absolute atomic E-state index is 11.3. The Bertz CT molecular complexity index is 422. The summed E-state index contributed by atoms with van der Waals surface area (Å²) in [6.07, 6.45) is 0.129. The Labute approximate surface area is 113 Å². The summed E-state index contributed by atoms with van der Waals surface area (Å²) in [6, 6.07) is 7.33. The number of carbonyl (C=O) groups excluding carboxylic acids is 1. The zero-order chi connectivity index (χ0) is 13.4. The van der Waals surface area contributed by atoms with Crippen molar-refractivity contribution >= 4 is 27.8 Å². The molecule has 98 valence electrons. The molecule has 0 aromatic heterocycles. The van der Waals surface area contributed by atoms with E-state index in [9.17, 15) is 9.59 Å². The second kappa shape index (κ2) is 7.71. The van der Waals surface area contributed by atoms with Crippen LogP contribution in [0, 0.1) is 0 Å². The normalized spacial score (nSPS) is 9.83. The minimum Gasteiger partial charge on any atom is -0.493 e. The number of carboxylic acids is 1. The van der Waals surface area contributed by atoms with Crippen LogP contribution in [0.5, 0.6) is 5.75 Å². The standard InChI is InChI=1S/C12H14BrNO4/c13-9-2-1-3-10(8-9)18-7-5-11(15)14-6-4-12(16)17/h1-3,8H,4-7H2,(H,14,15)(H,16,17). The molecule has 1 rings (SSSR count). The summed E-state index contributed by atoms with van der Waals surface area (Å²) in [6.45, 7) is 0.403. The van der Waals surface area contributed by atoms with Gasteiger partial charge in [0.2, 0.25) is 5.91 Å². The maximum atomic E-state index is 11.3. The zero-order valence-corrected chi connectivity index (χ0v) is 11.3. The first-order valence-electron chi connectivity index (χ1n) is 5.45. The summed E-state index contributed by atoms with van der Waals surface area (Å²) in [7, 11) is 0. The molecule has 1 amide bonds. The lowest BCUT2D eigenvalue weighted by molar-refractivity contribution is -0.136. The fourth-order valence-corrected chi connectivity index (χ4v) is 1.59. The second-order valence-corrected chi connectivity index (χ2v) is 4.47. The van der Waals surface area contributed by atoms with Crippen LogP contribution in [0.2, 0.25) is 0 Å². The Balaban J connectivity index is 2.17. The molecule has 0 heterocycles. The van der Waals surface area contributed by atoms with Crippen LogP contribution in [0.4, 0.5) is 0 Å². The van der Waals surface area contributed by atoms with Gasteiger partial charge in [0.1, 0.15) is 5.75 Å². The van der Waals surface area contributed by atoms with Crippen LogP contribution >= 0.6 is 15.9 Å². The lowest BCUT2D eigenvalue weighted by Crippen LogP contribution is -2.27. The third-order valence-corrected chi connectivity index (χ3v) is 2.55. The van der Waals surface area contributed by atoms with Gasteiger partial charge >= 0.3 is 5.97 Å². The second-order valence-electron chi connectivity index (χ2n) is 3.55. The summed E-state index contributed by atoms with van der Waals surface area (Å²) in [5, 5.41) is 10.9. The molecule has 0 fully saturated rings. The average molecular weight is 316 g/mol. The maximum Gasteiger partial charge on any atom is 0.305 e. The van der Waals surface area contributed by atoms with Gasteiger partial charge in [-0.05, 0) is 18.2 Å². The highest BCUT2D eigenvalue weighted by atomic mass is 79.9. The van der Waals surface area contributed by atoms with E-state index in [2.05, 4.69) is 21.2 Å². The van der Waals surface area contributed by atoms with E-state index in [1.165, 1.54) is 0 Å². The molecule has 0 atom stereocenters. The highest BCUT2D eigenvalue weighted by molar-refractivity contribution is 9.10. The lowest BCUT2D eigenvalue weighted by atomic mass is 10.3. The van der Waals surface area contributed by atoms with Crippen molar-refractivity contribution in [3.63, 3.8) is 0 Å². The summed E-state index contributed by atoms with van der Waals surface area (Å²) in [5.41, 5.74) is 0. The number of nitrogens with one attached hydrogen (secondary N) is 1. The van der Waals surface area contributed by atoms with Gasteiger partial charge < -0.3 is 15.2 Å². The van der Waals surface area contributed by atoms with Crippen molar-refractivity contribution in [2.75, 3.05) is 13.2 Å². The van der Waals surface area contributed by atoms with Gasteiger partial charge in [-0.1, -0.05) is 22.0 Å². The van der Waals surface area contributed by atoms with Gasteiger partial charge in [-0.3, -0.25) is 9.59 Å². The minimum absolute atomic E-state index is 0.0712. The van der Waals surface area contributed by atoms with Crippen LogP contribution in [0.25, 0.3) is 0 Å². The Kier molecular flexibility index (Phi) is 6.21. The topological polar surface area (TPSA) is 75.6 Å². The number of hydrogen-bond donors (Lipinski definition) is 2. The van der Waals surface area contributed by atoms with E-state index in [4.69, 9.17) is 9.84 Å². The third kappa shape index (κ3) is 6.24. The van der Waals surface area contributed by atoms with E-state index >= 15 is 0 Å². The van der Waals surface area contributed by atoms with Crippen molar-refractivity contribution in [3.05, 3.63) is 28.7 Å². The molecular formula is C12H14BrNO4. The van der Waals surface area contributed by atoms with Gasteiger partial charge in [0.25, 0.3) is 0 Å². The van der Waals surface area contributed by atoms with Crippen LogP contribution < -0.4 is 10.1 Å². The Hall–Kier alpha value is -1.56. The molecule has 18 heavy (non-hydrogen) atoms. The van der Waals surface area contributed by atoms with Crippen molar-refractivity contribution < 1.29 is 19.4 Å². The fraction of sp³-hybridized carbons (Fsp3) is 0.333. The number of halogens is 1. The molecule has 0 spiro atoms. The van der Waals surface area contributed by atoms with Crippen LogP contribution in [0.3, 0.4) is 0 Å². The highest BCUT2D eigenvalue weighted by Gasteiger charge is 2.03. The van der Waals surface area contributed by atoms with E-state index in [1.54, 1.807) is 6.07 Å². The third-order valence-electron chi connectivity index (χ3n) is 2.05. The number of hydrogen-bond acceptors (Lipinski definition) is 3. The molecule has 1 aromatic carbocycles. The molecule has 0 saturated heterocycles. The predicted molar refractivity (Wildman–Crippen MR) is 69.5 cm³/mol. The first-order valence-corrected chi connectivity index (χ1v) is 6.24. The summed E-state index contributed by atoms with van der Waals surface area (Å²) < 4.78 is 6.29. The molecule has 0 aliphatic heterocycles. The SMILES string of the molecule is O=C(O)CCNC(=O)CCOc1cccc(Br)c1. The Morgan fingerprint density at radius 3 is 2.78 bits per heavy atom. The number of amides is 1. The van der Waals surface area contributed by atoms with E-state index in [0.717, 1.165) is 4.47 Å².